The molecule has 1 aromatic carbocycles. The van der Waals surface area contributed by atoms with Crippen LogP contribution in [0.15, 0.2) is 24.3 Å². The van der Waals surface area contributed by atoms with Crippen LogP contribution in [-0.2, 0) is 6.54 Å². The average molecular weight is 280 g/mol. The highest BCUT2D eigenvalue weighted by Crippen LogP contribution is 2.17. The quantitative estimate of drug-likeness (QED) is 0.864. The first-order valence-electron chi connectivity index (χ1n) is 7.54. The lowest BCUT2D eigenvalue weighted by Crippen LogP contribution is -2.53. The van der Waals surface area contributed by atoms with E-state index in [1.165, 1.54) is 18.6 Å². The van der Waals surface area contributed by atoms with Gasteiger partial charge in [0.05, 0.1) is 0 Å². The maximum absolute atomic E-state index is 12.9. The monoisotopic (exact) mass is 280 g/mol. The van der Waals surface area contributed by atoms with E-state index in [0.717, 1.165) is 44.7 Å². The van der Waals surface area contributed by atoms with Crippen LogP contribution in [-0.4, -0.2) is 53.7 Å². The Morgan fingerprint density at radius 1 is 1.25 bits per heavy atom. The number of rotatable bonds is 6. The normalized spacial score (nSPS) is 21.2. The van der Waals surface area contributed by atoms with Crippen LogP contribution in [0.4, 0.5) is 4.39 Å². The van der Waals surface area contributed by atoms with Gasteiger partial charge in [0, 0.05) is 38.8 Å². The van der Waals surface area contributed by atoms with E-state index >= 15 is 0 Å². The number of nitrogens with zero attached hydrogens (tertiary/aromatic N) is 2. The van der Waals surface area contributed by atoms with Gasteiger partial charge in [0.1, 0.15) is 5.82 Å². The molecule has 1 saturated heterocycles. The lowest BCUT2D eigenvalue weighted by molar-refractivity contribution is 0.0538. The number of halogens is 1. The Labute approximate surface area is 121 Å². The fourth-order valence-electron chi connectivity index (χ4n) is 2.93. The number of hydrogen-bond acceptors (Lipinski definition) is 3. The molecule has 0 unspecified atom stereocenters. The Morgan fingerprint density at radius 3 is 2.65 bits per heavy atom. The van der Waals surface area contributed by atoms with Crippen LogP contribution >= 0.6 is 0 Å². The second-order valence-corrected chi connectivity index (χ2v) is 5.56. The summed E-state index contributed by atoms with van der Waals surface area (Å²) in [6.45, 7) is 7.52. The predicted molar refractivity (Wildman–Crippen MR) is 79.0 cm³/mol. The Hall–Kier alpha value is -0.970. The molecule has 0 radical (unpaired) electrons. The van der Waals surface area contributed by atoms with Crippen molar-refractivity contribution < 1.29 is 9.50 Å². The van der Waals surface area contributed by atoms with Gasteiger partial charge < -0.3 is 10.0 Å². The average Bonchev–Trinajstić information content (AvgIpc) is 2.45. The minimum absolute atomic E-state index is 0.187. The van der Waals surface area contributed by atoms with E-state index < -0.39 is 0 Å². The summed E-state index contributed by atoms with van der Waals surface area (Å²) in [4.78, 5) is 4.89. The number of hydrogen-bond donors (Lipinski definition) is 1. The minimum Gasteiger partial charge on any atom is -0.396 e. The van der Waals surface area contributed by atoms with E-state index in [1.807, 2.05) is 12.1 Å². The molecule has 1 atom stereocenters. The molecule has 1 N–H and O–H groups in total. The lowest BCUT2D eigenvalue weighted by atomic mass is 10.1. The molecule has 3 nitrogen and oxygen atoms in total. The second kappa shape index (κ2) is 7.72. The molecule has 0 saturated carbocycles. The molecule has 1 aliphatic rings. The van der Waals surface area contributed by atoms with Gasteiger partial charge in [-0.05, 0) is 37.1 Å². The molecule has 20 heavy (non-hydrogen) atoms. The zero-order valence-electron chi connectivity index (χ0n) is 12.3. The lowest BCUT2D eigenvalue weighted by Gasteiger charge is -2.41. The van der Waals surface area contributed by atoms with E-state index in [4.69, 9.17) is 0 Å². The first kappa shape index (κ1) is 15.4. The third-order valence-electron chi connectivity index (χ3n) is 3.99. The number of aliphatic hydroxyl groups excluding tert-OH is 1. The van der Waals surface area contributed by atoms with Crippen molar-refractivity contribution in [3.63, 3.8) is 0 Å². The van der Waals surface area contributed by atoms with E-state index in [0.29, 0.717) is 6.04 Å². The first-order valence-corrected chi connectivity index (χ1v) is 7.54. The third-order valence-corrected chi connectivity index (χ3v) is 3.99. The van der Waals surface area contributed by atoms with Gasteiger partial charge >= 0.3 is 0 Å². The second-order valence-electron chi connectivity index (χ2n) is 5.56. The maximum atomic E-state index is 12.9. The van der Waals surface area contributed by atoms with Crippen LogP contribution in [0.5, 0.6) is 0 Å². The van der Waals surface area contributed by atoms with E-state index in [2.05, 4.69) is 16.7 Å². The molecule has 1 aromatic rings. The number of piperazine rings is 1. The molecule has 1 aliphatic heterocycles. The Morgan fingerprint density at radius 2 is 2.00 bits per heavy atom. The van der Waals surface area contributed by atoms with Crippen molar-refractivity contribution >= 4 is 0 Å². The minimum atomic E-state index is -0.187. The van der Waals surface area contributed by atoms with Crippen molar-refractivity contribution in [1.82, 2.24) is 9.80 Å². The molecule has 4 heteroatoms. The van der Waals surface area contributed by atoms with Crippen LogP contribution in [0, 0.1) is 5.82 Å². The van der Waals surface area contributed by atoms with Crippen molar-refractivity contribution in [3.8, 4) is 0 Å². The van der Waals surface area contributed by atoms with E-state index in [-0.39, 0.29) is 12.4 Å². The largest absolute Gasteiger partial charge is 0.396 e. The highest BCUT2D eigenvalue weighted by molar-refractivity contribution is 5.16. The maximum Gasteiger partial charge on any atom is 0.123 e. The zero-order chi connectivity index (χ0) is 14.4. The van der Waals surface area contributed by atoms with Crippen molar-refractivity contribution in [1.29, 1.82) is 0 Å². The Kier molecular flexibility index (Phi) is 5.95. The molecule has 0 spiro atoms. The van der Waals surface area contributed by atoms with Crippen molar-refractivity contribution in [3.05, 3.63) is 35.6 Å². The molecule has 112 valence electrons. The first-order chi connectivity index (χ1) is 9.72. The molecular formula is C16H25FN2O. The topological polar surface area (TPSA) is 26.7 Å². The molecule has 2 rings (SSSR count). The highest BCUT2D eigenvalue weighted by atomic mass is 19.1. The van der Waals surface area contributed by atoms with Gasteiger partial charge in [-0.25, -0.2) is 4.39 Å². The molecule has 1 heterocycles. The highest BCUT2D eigenvalue weighted by Gasteiger charge is 2.25. The van der Waals surface area contributed by atoms with Crippen LogP contribution in [0.1, 0.15) is 25.3 Å². The summed E-state index contributed by atoms with van der Waals surface area (Å²) in [7, 11) is 0. The fraction of sp³-hybridized carbons (Fsp3) is 0.625. The summed E-state index contributed by atoms with van der Waals surface area (Å²) in [5.41, 5.74) is 1.14. The summed E-state index contributed by atoms with van der Waals surface area (Å²) in [6.07, 6.45) is 1.98. The summed E-state index contributed by atoms with van der Waals surface area (Å²) in [5.74, 6) is -0.187. The molecular weight excluding hydrogens is 255 g/mol. The van der Waals surface area contributed by atoms with E-state index in [9.17, 15) is 9.50 Å². The summed E-state index contributed by atoms with van der Waals surface area (Å²) in [5, 5.41) is 9.26. The summed E-state index contributed by atoms with van der Waals surface area (Å²) in [6, 6.07) is 7.13. The number of benzene rings is 1. The van der Waals surface area contributed by atoms with Gasteiger partial charge in [-0.1, -0.05) is 19.1 Å². The zero-order valence-corrected chi connectivity index (χ0v) is 12.3. The standard InChI is InChI=1S/C16H25FN2O/c1-2-8-18-9-10-19(16(13-18)7-11-20)12-14-3-5-15(17)6-4-14/h3-6,16,20H,2,7-13H2,1H3/t16-/m1/s1. The Bertz CT molecular complexity index is 396. The smallest absolute Gasteiger partial charge is 0.123 e. The molecule has 0 aromatic heterocycles. The number of aliphatic hydroxyl groups is 1. The Balaban J connectivity index is 1.96. The van der Waals surface area contributed by atoms with Gasteiger partial charge in [0.25, 0.3) is 0 Å². The van der Waals surface area contributed by atoms with Crippen LogP contribution in [0.25, 0.3) is 0 Å². The molecule has 1 fully saturated rings. The van der Waals surface area contributed by atoms with Crippen LogP contribution < -0.4 is 0 Å². The summed E-state index contributed by atoms with van der Waals surface area (Å²) >= 11 is 0. The van der Waals surface area contributed by atoms with E-state index in [1.54, 1.807) is 0 Å². The fourth-order valence-corrected chi connectivity index (χ4v) is 2.93. The van der Waals surface area contributed by atoms with Gasteiger partial charge in [-0.2, -0.15) is 0 Å². The van der Waals surface area contributed by atoms with Crippen molar-refractivity contribution in [2.45, 2.75) is 32.4 Å². The molecule has 0 aliphatic carbocycles. The molecule has 0 bridgehead atoms. The van der Waals surface area contributed by atoms with Gasteiger partial charge in [0.2, 0.25) is 0 Å². The third kappa shape index (κ3) is 4.27. The summed E-state index contributed by atoms with van der Waals surface area (Å²) < 4.78 is 12.9. The van der Waals surface area contributed by atoms with Crippen LogP contribution in [0.3, 0.4) is 0 Å². The SMILES string of the molecule is CCCN1CCN(Cc2ccc(F)cc2)[C@H](CCO)C1. The van der Waals surface area contributed by atoms with Crippen molar-refractivity contribution in [2.75, 3.05) is 32.8 Å². The van der Waals surface area contributed by atoms with Gasteiger partial charge in [-0.3, -0.25) is 4.90 Å². The predicted octanol–water partition coefficient (Wildman–Crippen LogP) is 2.10. The molecule has 0 amide bonds. The van der Waals surface area contributed by atoms with Crippen LogP contribution in [0.2, 0.25) is 0 Å². The van der Waals surface area contributed by atoms with Gasteiger partial charge in [-0.15, -0.1) is 0 Å². The van der Waals surface area contributed by atoms with Crippen molar-refractivity contribution in [2.24, 2.45) is 0 Å². The van der Waals surface area contributed by atoms with Gasteiger partial charge in [0.15, 0.2) is 0 Å².